The van der Waals surface area contributed by atoms with Crippen LogP contribution in [0.4, 0.5) is 0 Å². The number of esters is 1. The van der Waals surface area contributed by atoms with E-state index in [1.165, 1.54) is 0 Å². The van der Waals surface area contributed by atoms with Crippen molar-refractivity contribution in [2.24, 2.45) is 11.8 Å². The topological polar surface area (TPSA) is 114 Å². The number of cyclic esters (lactones) is 1. The molecule has 6 unspecified atom stereocenters. The minimum Gasteiger partial charge on any atom is -0.460 e. The molecule has 8 heteroatoms. The molecule has 0 bridgehead atoms. The molecule has 200 valence electrons. The molecule has 0 aliphatic carbocycles. The molecule has 0 saturated carbocycles. The van der Waals surface area contributed by atoms with E-state index in [4.69, 9.17) is 4.74 Å². The molecule has 1 aliphatic heterocycles. The van der Waals surface area contributed by atoms with Crippen molar-refractivity contribution in [2.75, 3.05) is 0 Å². The van der Waals surface area contributed by atoms with Gasteiger partial charge in [-0.1, -0.05) is 76.8 Å². The van der Waals surface area contributed by atoms with Crippen molar-refractivity contribution in [3.05, 3.63) is 35.4 Å². The van der Waals surface area contributed by atoms with Crippen molar-refractivity contribution in [1.82, 2.24) is 16.0 Å². The zero-order valence-corrected chi connectivity index (χ0v) is 22.6. The van der Waals surface area contributed by atoms with Crippen molar-refractivity contribution >= 4 is 23.7 Å². The summed E-state index contributed by atoms with van der Waals surface area (Å²) >= 11 is 0. The van der Waals surface area contributed by atoms with Crippen LogP contribution in [0.5, 0.6) is 0 Å². The van der Waals surface area contributed by atoms with Crippen LogP contribution in [0.2, 0.25) is 0 Å². The number of amides is 3. The number of ether oxygens (including phenoxy) is 1. The van der Waals surface area contributed by atoms with Gasteiger partial charge >= 0.3 is 5.97 Å². The highest BCUT2D eigenvalue weighted by Gasteiger charge is 2.35. The molecule has 1 heterocycles. The number of aryl methyl sites for hydroxylation is 1. The number of hydrogen-bond donors (Lipinski definition) is 3. The van der Waals surface area contributed by atoms with Gasteiger partial charge < -0.3 is 20.7 Å². The molecule has 0 aromatic heterocycles. The molecule has 1 aromatic rings. The Morgan fingerprint density at radius 2 is 1.61 bits per heavy atom. The molecule has 0 radical (unpaired) electrons. The summed E-state index contributed by atoms with van der Waals surface area (Å²) < 4.78 is 5.89. The Bertz CT molecular complexity index is 901. The highest BCUT2D eigenvalue weighted by atomic mass is 16.5. The van der Waals surface area contributed by atoms with Crippen molar-refractivity contribution in [1.29, 1.82) is 0 Å². The molecule has 0 spiro atoms. The minimum atomic E-state index is -0.894. The Morgan fingerprint density at radius 1 is 0.944 bits per heavy atom. The molecule has 1 aliphatic rings. The van der Waals surface area contributed by atoms with Gasteiger partial charge in [-0.15, -0.1) is 0 Å². The van der Waals surface area contributed by atoms with E-state index in [0.29, 0.717) is 6.42 Å². The summed E-state index contributed by atoms with van der Waals surface area (Å²) in [5, 5.41) is 8.31. The first-order chi connectivity index (χ1) is 17.0. The van der Waals surface area contributed by atoms with E-state index >= 15 is 0 Å². The van der Waals surface area contributed by atoms with Gasteiger partial charge in [-0.2, -0.15) is 0 Å². The van der Waals surface area contributed by atoms with Gasteiger partial charge in [0.15, 0.2) is 0 Å². The maximum absolute atomic E-state index is 13.2. The molecule has 3 N–H and O–H groups in total. The molecule has 1 saturated heterocycles. The van der Waals surface area contributed by atoms with Crippen molar-refractivity contribution < 1.29 is 23.9 Å². The largest absolute Gasteiger partial charge is 0.460 e. The number of unbranched alkanes of at least 4 members (excludes halogenated alkanes) is 1. The predicted molar refractivity (Wildman–Crippen MR) is 139 cm³/mol. The third-order valence-electron chi connectivity index (χ3n) is 7.03. The summed E-state index contributed by atoms with van der Waals surface area (Å²) in [5.41, 5.74) is 1.98. The standard InChI is InChI=1S/C28H43N3O5/c1-7-9-10-19(5)23-16-24(32)30-22(15-21-13-11-17(3)12-14-21)27(34)29-20(6)26(33)31-25(18(4)8-2)28(35)36-23/h11-14,18-20,22-23,25H,7-10,15-16H2,1-6H3,(H,29,34)(H,30,32)(H,31,33). The lowest BCUT2D eigenvalue weighted by atomic mass is 9.94. The van der Waals surface area contributed by atoms with E-state index in [2.05, 4.69) is 22.9 Å². The number of rotatable bonds is 8. The average Bonchev–Trinajstić information content (AvgIpc) is 2.85. The number of hydrogen-bond acceptors (Lipinski definition) is 5. The number of nitrogens with one attached hydrogen (secondary N) is 3. The highest BCUT2D eigenvalue weighted by Crippen LogP contribution is 2.21. The van der Waals surface area contributed by atoms with Crippen LogP contribution in [0, 0.1) is 18.8 Å². The third kappa shape index (κ3) is 8.64. The summed E-state index contributed by atoms with van der Waals surface area (Å²) in [4.78, 5) is 52.5. The van der Waals surface area contributed by atoms with E-state index in [0.717, 1.165) is 30.4 Å². The molecule has 1 aromatic carbocycles. The van der Waals surface area contributed by atoms with E-state index in [1.54, 1.807) is 6.92 Å². The maximum Gasteiger partial charge on any atom is 0.329 e. The normalized spacial score (nSPS) is 25.7. The lowest BCUT2D eigenvalue weighted by molar-refractivity contribution is -0.158. The molecule has 8 nitrogen and oxygen atoms in total. The Balaban J connectivity index is 2.38. The van der Waals surface area contributed by atoms with Crippen LogP contribution < -0.4 is 16.0 Å². The average molecular weight is 502 g/mol. The van der Waals surface area contributed by atoms with Gasteiger partial charge in [0.25, 0.3) is 0 Å². The fraction of sp³-hybridized carbons (Fsp3) is 0.643. The number of carbonyl (C=O) groups is 4. The minimum absolute atomic E-state index is 0.0506. The van der Waals surface area contributed by atoms with E-state index < -0.39 is 42.0 Å². The molecule has 1 fully saturated rings. The van der Waals surface area contributed by atoms with Gasteiger partial charge in [0, 0.05) is 6.42 Å². The zero-order valence-electron chi connectivity index (χ0n) is 22.6. The quantitative estimate of drug-likeness (QED) is 0.474. The van der Waals surface area contributed by atoms with Gasteiger partial charge in [-0.05, 0) is 37.7 Å². The van der Waals surface area contributed by atoms with Crippen molar-refractivity contribution in [3.63, 3.8) is 0 Å². The molecule has 2 rings (SSSR count). The third-order valence-corrected chi connectivity index (χ3v) is 7.03. The first-order valence-electron chi connectivity index (χ1n) is 13.2. The van der Waals surface area contributed by atoms with Gasteiger partial charge in [-0.3, -0.25) is 14.4 Å². The Labute approximate surface area is 215 Å². The van der Waals surface area contributed by atoms with Crippen LogP contribution in [0.25, 0.3) is 0 Å². The number of benzene rings is 1. The van der Waals surface area contributed by atoms with E-state index in [1.807, 2.05) is 52.0 Å². The van der Waals surface area contributed by atoms with Crippen LogP contribution in [-0.2, 0) is 30.3 Å². The Hall–Kier alpha value is -2.90. The van der Waals surface area contributed by atoms with E-state index in [9.17, 15) is 19.2 Å². The van der Waals surface area contributed by atoms with Gasteiger partial charge in [0.1, 0.15) is 24.2 Å². The molecular weight excluding hydrogens is 458 g/mol. The molecule has 6 atom stereocenters. The Kier molecular flexibility index (Phi) is 11.4. The summed E-state index contributed by atoms with van der Waals surface area (Å²) in [5.74, 6) is -2.07. The highest BCUT2D eigenvalue weighted by molar-refractivity contribution is 5.94. The second-order valence-corrected chi connectivity index (χ2v) is 10.2. The second kappa shape index (κ2) is 14.0. The van der Waals surface area contributed by atoms with Crippen LogP contribution in [0.1, 0.15) is 77.8 Å². The SMILES string of the molecule is CCCCC(C)C1CC(=O)NC(Cc2ccc(C)cc2)C(=O)NC(C)C(=O)NC(C(C)CC)C(=O)O1. The van der Waals surface area contributed by atoms with Crippen LogP contribution in [-0.4, -0.2) is 47.9 Å². The maximum atomic E-state index is 13.2. The summed E-state index contributed by atoms with van der Waals surface area (Å²) in [6.07, 6.45) is 2.94. The summed E-state index contributed by atoms with van der Waals surface area (Å²) in [7, 11) is 0. The number of carbonyl (C=O) groups excluding carboxylic acids is 4. The lowest BCUT2D eigenvalue weighted by Gasteiger charge is -2.29. The molecular formula is C28H43N3O5. The smallest absolute Gasteiger partial charge is 0.329 e. The summed E-state index contributed by atoms with van der Waals surface area (Å²) in [6.45, 7) is 11.4. The van der Waals surface area contributed by atoms with Crippen molar-refractivity contribution in [3.8, 4) is 0 Å². The second-order valence-electron chi connectivity index (χ2n) is 10.2. The summed E-state index contributed by atoms with van der Waals surface area (Å²) in [6, 6.07) is 5.10. The van der Waals surface area contributed by atoms with E-state index in [-0.39, 0.29) is 30.6 Å². The first-order valence-corrected chi connectivity index (χ1v) is 13.2. The first kappa shape index (κ1) is 29.3. The van der Waals surface area contributed by atoms with Gasteiger partial charge in [0.05, 0.1) is 6.42 Å². The predicted octanol–water partition coefficient (Wildman–Crippen LogP) is 3.20. The van der Waals surface area contributed by atoms with Crippen LogP contribution in [0.3, 0.4) is 0 Å². The van der Waals surface area contributed by atoms with Gasteiger partial charge in [-0.25, -0.2) is 4.79 Å². The lowest BCUT2D eigenvalue weighted by Crippen LogP contribution is -2.55. The van der Waals surface area contributed by atoms with Crippen molar-refractivity contribution in [2.45, 2.75) is 104 Å². The molecule has 36 heavy (non-hydrogen) atoms. The van der Waals surface area contributed by atoms with Crippen LogP contribution >= 0.6 is 0 Å². The van der Waals surface area contributed by atoms with Gasteiger partial charge in [0.2, 0.25) is 17.7 Å². The van der Waals surface area contributed by atoms with Crippen LogP contribution in [0.15, 0.2) is 24.3 Å². The fourth-order valence-corrected chi connectivity index (χ4v) is 4.23. The Morgan fingerprint density at radius 3 is 2.22 bits per heavy atom. The fourth-order valence-electron chi connectivity index (χ4n) is 4.23. The zero-order chi connectivity index (χ0) is 26.8. The monoisotopic (exact) mass is 501 g/mol. The molecule has 3 amide bonds.